The molecule has 0 amide bonds. The zero-order valence-electron chi connectivity index (χ0n) is 12.7. The first-order chi connectivity index (χ1) is 8.88. The van der Waals surface area contributed by atoms with Crippen molar-refractivity contribution in [1.29, 1.82) is 0 Å². The Morgan fingerprint density at radius 3 is 2.53 bits per heavy atom. The van der Waals surface area contributed by atoms with Crippen LogP contribution in [-0.2, 0) is 23.0 Å². The summed E-state index contributed by atoms with van der Waals surface area (Å²) in [5, 5.41) is 1.03. The molecule has 0 bridgehead atoms. The second-order valence-corrected chi connectivity index (χ2v) is 7.52. The number of hydrogen-bond acceptors (Lipinski definition) is 1. The van der Waals surface area contributed by atoms with Gasteiger partial charge in [-0.2, -0.15) is 0 Å². The number of aryl methyl sites for hydroxylation is 1. The van der Waals surface area contributed by atoms with Gasteiger partial charge in [-0.1, -0.05) is 55.8 Å². The molecule has 1 aliphatic rings. The summed E-state index contributed by atoms with van der Waals surface area (Å²) in [6, 6.07) is 4.79. The van der Waals surface area contributed by atoms with Gasteiger partial charge < -0.3 is 4.74 Å². The third kappa shape index (κ3) is 2.90. The van der Waals surface area contributed by atoms with Crippen LogP contribution in [0.5, 0.6) is 0 Å². The molecule has 0 aliphatic heterocycles. The number of hydrogen-bond donors (Lipinski definition) is 0. The van der Waals surface area contributed by atoms with Crippen molar-refractivity contribution in [3.8, 4) is 0 Å². The molecule has 0 saturated heterocycles. The molecule has 0 saturated carbocycles. The molecular weight excluding hydrogens is 300 g/mol. The summed E-state index contributed by atoms with van der Waals surface area (Å²) in [6.07, 6.45) is 2.53. The molecule has 106 valence electrons. The van der Waals surface area contributed by atoms with Gasteiger partial charge in [-0.25, -0.2) is 0 Å². The third-order valence-electron chi connectivity index (χ3n) is 4.21. The standard InChI is InChI=1S/C17H25BrO/c1-11-8-14-12(6-7-18)9-13(17(2,3)4)10-15(14)16(11)19-5/h9-11,16H,6-8H2,1-5H3. The summed E-state index contributed by atoms with van der Waals surface area (Å²) in [5.41, 5.74) is 6.09. The summed E-state index contributed by atoms with van der Waals surface area (Å²) in [6.45, 7) is 9.15. The zero-order valence-corrected chi connectivity index (χ0v) is 14.3. The van der Waals surface area contributed by atoms with Gasteiger partial charge in [-0.05, 0) is 46.4 Å². The van der Waals surface area contributed by atoms with Crippen molar-refractivity contribution in [3.63, 3.8) is 0 Å². The van der Waals surface area contributed by atoms with Crippen molar-refractivity contribution in [2.45, 2.75) is 52.1 Å². The minimum Gasteiger partial charge on any atom is -0.376 e. The Morgan fingerprint density at radius 1 is 1.32 bits per heavy atom. The van der Waals surface area contributed by atoms with E-state index in [9.17, 15) is 0 Å². The maximum Gasteiger partial charge on any atom is 0.0852 e. The fourth-order valence-corrected chi connectivity index (χ4v) is 3.54. The Hall–Kier alpha value is -0.340. The average molecular weight is 325 g/mol. The van der Waals surface area contributed by atoms with Crippen molar-refractivity contribution >= 4 is 15.9 Å². The van der Waals surface area contributed by atoms with Crippen LogP contribution in [0.1, 0.15) is 56.1 Å². The summed E-state index contributed by atoms with van der Waals surface area (Å²) >= 11 is 3.59. The number of rotatable bonds is 3. The first-order valence-electron chi connectivity index (χ1n) is 7.13. The Bertz CT molecular complexity index is 459. The molecule has 2 unspecified atom stereocenters. The van der Waals surface area contributed by atoms with Crippen molar-refractivity contribution in [1.82, 2.24) is 0 Å². The molecule has 0 aromatic heterocycles. The topological polar surface area (TPSA) is 9.23 Å². The molecular formula is C17H25BrO. The van der Waals surface area contributed by atoms with Gasteiger partial charge in [-0.3, -0.25) is 0 Å². The summed E-state index contributed by atoms with van der Waals surface area (Å²) in [5.74, 6) is 0.587. The zero-order chi connectivity index (χ0) is 14.2. The van der Waals surface area contributed by atoms with Crippen LogP contribution in [0, 0.1) is 5.92 Å². The lowest BCUT2D eigenvalue weighted by Gasteiger charge is -2.23. The van der Waals surface area contributed by atoms with E-state index < -0.39 is 0 Å². The minimum absolute atomic E-state index is 0.195. The van der Waals surface area contributed by atoms with E-state index in [1.54, 1.807) is 0 Å². The quantitative estimate of drug-likeness (QED) is 0.725. The van der Waals surface area contributed by atoms with Crippen molar-refractivity contribution in [2.75, 3.05) is 12.4 Å². The van der Waals surface area contributed by atoms with E-state index >= 15 is 0 Å². The summed E-state index contributed by atoms with van der Waals surface area (Å²) in [7, 11) is 1.84. The molecule has 1 aromatic carbocycles. The fourth-order valence-electron chi connectivity index (χ4n) is 3.11. The first kappa shape index (κ1) is 15.1. The Labute approximate surface area is 125 Å². The lowest BCUT2D eigenvalue weighted by molar-refractivity contribution is 0.0694. The van der Waals surface area contributed by atoms with Gasteiger partial charge in [0.1, 0.15) is 0 Å². The fraction of sp³-hybridized carbons (Fsp3) is 0.647. The number of fused-ring (bicyclic) bond motifs is 1. The lowest BCUT2D eigenvalue weighted by atomic mass is 9.83. The molecule has 0 N–H and O–H groups in total. The lowest BCUT2D eigenvalue weighted by Crippen LogP contribution is -2.14. The van der Waals surface area contributed by atoms with Crippen molar-refractivity contribution in [3.05, 3.63) is 34.4 Å². The molecule has 1 aliphatic carbocycles. The number of methoxy groups -OCH3 is 1. The van der Waals surface area contributed by atoms with E-state index in [1.807, 2.05) is 7.11 Å². The highest BCUT2D eigenvalue weighted by molar-refractivity contribution is 9.09. The highest BCUT2D eigenvalue weighted by Crippen LogP contribution is 2.42. The highest BCUT2D eigenvalue weighted by atomic mass is 79.9. The maximum atomic E-state index is 5.74. The third-order valence-corrected chi connectivity index (χ3v) is 4.61. The normalized spacial score (nSPS) is 22.6. The van der Waals surface area contributed by atoms with Crippen LogP contribution < -0.4 is 0 Å². The number of ether oxygens (including phenoxy) is 1. The molecule has 2 rings (SSSR count). The van der Waals surface area contributed by atoms with Gasteiger partial charge in [0.2, 0.25) is 0 Å². The average Bonchev–Trinajstić information content (AvgIpc) is 2.64. The summed E-state index contributed by atoms with van der Waals surface area (Å²) < 4.78 is 5.74. The van der Waals surface area contributed by atoms with Gasteiger partial charge in [0.25, 0.3) is 0 Å². The molecule has 19 heavy (non-hydrogen) atoms. The smallest absolute Gasteiger partial charge is 0.0852 e. The van der Waals surface area contributed by atoms with E-state index in [4.69, 9.17) is 4.74 Å². The van der Waals surface area contributed by atoms with Gasteiger partial charge in [0.05, 0.1) is 6.10 Å². The molecule has 2 atom stereocenters. The number of benzene rings is 1. The van der Waals surface area contributed by atoms with E-state index in [0.717, 1.165) is 18.2 Å². The monoisotopic (exact) mass is 324 g/mol. The van der Waals surface area contributed by atoms with Crippen LogP contribution in [0.3, 0.4) is 0 Å². The predicted octanol–water partition coefficient (Wildman–Crippen LogP) is 4.80. The van der Waals surface area contributed by atoms with E-state index in [-0.39, 0.29) is 11.5 Å². The second kappa shape index (κ2) is 5.57. The molecule has 0 spiro atoms. The predicted molar refractivity (Wildman–Crippen MR) is 85.3 cm³/mol. The minimum atomic E-state index is 0.195. The van der Waals surface area contributed by atoms with E-state index in [2.05, 4.69) is 55.8 Å². The van der Waals surface area contributed by atoms with E-state index in [1.165, 1.54) is 22.3 Å². The van der Waals surface area contributed by atoms with Crippen LogP contribution >= 0.6 is 15.9 Å². The van der Waals surface area contributed by atoms with Gasteiger partial charge in [0, 0.05) is 12.4 Å². The van der Waals surface area contributed by atoms with Crippen LogP contribution in [0.25, 0.3) is 0 Å². The Kier molecular flexibility index (Phi) is 4.42. The molecule has 1 aromatic rings. The SMILES string of the molecule is COC1c2cc(C(C)(C)C)cc(CCBr)c2CC1C. The highest BCUT2D eigenvalue weighted by Gasteiger charge is 2.32. The van der Waals surface area contributed by atoms with Crippen molar-refractivity contribution in [2.24, 2.45) is 5.92 Å². The molecule has 2 heteroatoms. The number of halogens is 1. The first-order valence-corrected chi connectivity index (χ1v) is 8.25. The van der Waals surface area contributed by atoms with E-state index in [0.29, 0.717) is 5.92 Å². The number of alkyl halides is 1. The maximum absolute atomic E-state index is 5.74. The Morgan fingerprint density at radius 2 is 2.00 bits per heavy atom. The largest absolute Gasteiger partial charge is 0.376 e. The van der Waals surface area contributed by atoms with Crippen LogP contribution in [0.4, 0.5) is 0 Å². The molecule has 1 nitrogen and oxygen atoms in total. The van der Waals surface area contributed by atoms with Gasteiger partial charge >= 0.3 is 0 Å². The second-order valence-electron chi connectivity index (χ2n) is 6.73. The van der Waals surface area contributed by atoms with Gasteiger partial charge in [0.15, 0.2) is 0 Å². The van der Waals surface area contributed by atoms with Crippen LogP contribution in [-0.4, -0.2) is 12.4 Å². The van der Waals surface area contributed by atoms with Crippen LogP contribution in [0.15, 0.2) is 12.1 Å². The summed E-state index contributed by atoms with van der Waals surface area (Å²) in [4.78, 5) is 0. The van der Waals surface area contributed by atoms with Crippen molar-refractivity contribution < 1.29 is 4.74 Å². The molecule has 0 fully saturated rings. The molecule has 0 radical (unpaired) electrons. The van der Waals surface area contributed by atoms with Crippen LogP contribution in [0.2, 0.25) is 0 Å². The molecule has 0 heterocycles. The Balaban J connectivity index is 2.55. The van der Waals surface area contributed by atoms with Gasteiger partial charge in [-0.15, -0.1) is 0 Å².